The molecular weight excluding hydrogens is 465 g/mol. The lowest BCUT2D eigenvalue weighted by Gasteiger charge is -2.20. The number of hydrogen-bond donors (Lipinski definition) is 1. The summed E-state index contributed by atoms with van der Waals surface area (Å²) in [5.41, 5.74) is 1.64. The van der Waals surface area contributed by atoms with Crippen molar-refractivity contribution in [3.63, 3.8) is 0 Å². The Morgan fingerprint density at radius 3 is 2.79 bits per heavy atom. The summed E-state index contributed by atoms with van der Waals surface area (Å²) >= 11 is 7.22. The number of rotatable bonds is 4. The van der Waals surface area contributed by atoms with Gasteiger partial charge >= 0.3 is 0 Å². The van der Waals surface area contributed by atoms with Crippen molar-refractivity contribution in [1.29, 1.82) is 5.41 Å². The first-order valence-electron chi connectivity index (χ1n) is 9.72. The number of hydrogen-bond acceptors (Lipinski definition) is 5. The van der Waals surface area contributed by atoms with Crippen molar-refractivity contribution in [2.24, 2.45) is 10.1 Å². The Morgan fingerprint density at radius 1 is 1.18 bits per heavy atom. The Bertz CT molecular complexity index is 1410. The van der Waals surface area contributed by atoms with Crippen LogP contribution in [0.2, 0.25) is 5.02 Å². The lowest BCUT2D eigenvalue weighted by Crippen LogP contribution is -2.35. The number of methoxy groups -OCH3 is 1. The number of fused-ring (bicyclic) bond motifs is 1. The van der Waals surface area contributed by atoms with Gasteiger partial charge in [-0.1, -0.05) is 23.7 Å². The minimum atomic E-state index is -0.574. The third kappa shape index (κ3) is 3.75. The van der Waals surface area contributed by atoms with Gasteiger partial charge in [0.05, 0.1) is 18.4 Å². The normalized spacial score (nSPS) is 16.7. The van der Waals surface area contributed by atoms with Crippen molar-refractivity contribution in [1.82, 2.24) is 9.58 Å². The number of amides is 1. The average Bonchev–Trinajstić information content (AvgIpc) is 3.44. The molecule has 0 atom stereocenters. The van der Waals surface area contributed by atoms with Gasteiger partial charge < -0.3 is 9.30 Å². The first-order chi connectivity index (χ1) is 16.0. The third-order valence-corrected chi connectivity index (χ3v) is 6.21. The molecule has 10 heteroatoms. The maximum Gasteiger partial charge on any atom is 0.283 e. The highest BCUT2D eigenvalue weighted by Crippen LogP contribution is 2.33. The van der Waals surface area contributed by atoms with Crippen molar-refractivity contribution >= 4 is 51.4 Å². The molecule has 0 radical (unpaired) electrons. The van der Waals surface area contributed by atoms with E-state index in [2.05, 4.69) is 10.1 Å². The second-order valence-electron chi connectivity index (χ2n) is 7.02. The molecule has 3 heterocycles. The van der Waals surface area contributed by atoms with Crippen LogP contribution in [0.5, 0.6) is 5.75 Å². The van der Waals surface area contributed by atoms with Gasteiger partial charge in [-0.05, 0) is 60.3 Å². The van der Waals surface area contributed by atoms with Crippen LogP contribution in [0, 0.1) is 11.2 Å². The lowest BCUT2D eigenvalue weighted by molar-refractivity contribution is -0.114. The van der Waals surface area contributed by atoms with Crippen LogP contribution in [-0.4, -0.2) is 38.6 Å². The van der Waals surface area contributed by atoms with Crippen molar-refractivity contribution < 1.29 is 13.9 Å². The Balaban J connectivity index is 1.53. The second kappa shape index (κ2) is 8.34. The first kappa shape index (κ1) is 21.2. The van der Waals surface area contributed by atoms with E-state index in [1.165, 1.54) is 11.1 Å². The Hall–Kier alpha value is -3.69. The minimum Gasteiger partial charge on any atom is -0.495 e. The van der Waals surface area contributed by atoms with Gasteiger partial charge in [-0.15, -0.1) is 0 Å². The smallest absolute Gasteiger partial charge is 0.283 e. The number of benzene rings is 2. The molecule has 1 N–H and O–H groups in total. The zero-order chi connectivity index (χ0) is 23.1. The van der Waals surface area contributed by atoms with Crippen LogP contribution in [-0.2, 0) is 4.79 Å². The Morgan fingerprint density at radius 2 is 2.00 bits per heavy atom. The van der Waals surface area contributed by atoms with Gasteiger partial charge in [0.15, 0.2) is 5.84 Å². The van der Waals surface area contributed by atoms with E-state index in [0.717, 1.165) is 11.8 Å². The van der Waals surface area contributed by atoms with E-state index in [1.807, 2.05) is 0 Å². The maximum atomic E-state index is 14.2. The predicted molar refractivity (Wildman–Crippen MR) is 128 cm³/mol. The van der Waals surface area contributed by atoms with Crippen molar-refractivity contribution in [3.8, 4) is 11.4 Å². The molecule has 2 aliphatic rings. The molecule has 2 aromatic carbocycles. The van der Waals surface area contributed by atoms with Crippen LogP contribution in [0.3, 0.4) is 0 Å². The molecule has 0 saturated carbocycles. The zero-order valence-corrected chi connectivity index (χ0v) is 18.7. The van der Waals surface area contributed by atoms with Crippen LogP contribution in [0.25, 0.3) is 11.8 Å². The molecule has 0 bridgehead atoms. The minimum absolute atomic E-state index is 0.0545. The number of ether oxygens (including phenoxy) is 1. The van der Waals surface area contributed by atoms with Gasteiger partial charge in [0.1, 0.15) is 16.6 Å². The number of amidine groups is 2. The lowest BCUT2D eigenvalue weighted by atomic mass is 10.1. The third-order valence-electron chi connectivity index (χ3n) is 5.03. The average molecular weight is 480 g/mol. The van der Waals surface area contributed by atoms with E-state index < -0.39 is 11.7 Å². The van der Waals surface area contributed by atoms with E-state index >= 15 is 0 Å². The molecule has 164 valence electrons. The molecule has 0 aliphatic carbocycles. The van der Waals surface area contributed by atoms with Crippen molar-refractivity contribution in [2.45, 2.75) is 0 Å². The van der Waals surface area contributed by atoms with E-state index in [-0.39, 0.29) is 22.1 Å². The van der Waals surface area contributed by atoms with Gasteiger partial charge in [0, 0.05) is 22.5 Å². The summed E-state index contributed by atoms with van der Waals surface area (Å²) in [6, 6.07) is 15.0. The van der Waals surface area contributed by atoms with Gasteiger partial charge in [-0.2, -0.15) is 15.1 Å². The molecule has 1 aromatic heterocycles. The fourth-order valence-corrected chi connectivity index (χ4v) is 4.55. The van der Waals surface area contributed by atoms with Crippen LogP contribution >= 0.6 is 23.4 Å². The monoisotopic (exact) mass is 479 g/mol. The molecule has 0 saturated heterocycles. The SMILES string of the molecule is COc1ccc(Cl)cc1-n1cccc1/C=C1\C(=N)N2N=C(c3ccccc3F)SC2=NC1=O. The molecule has 7 nitrogen and oxygen atoms in total. The van der Waals surface area contributed by atoms with Crippen LogP contribution in [0.1, 0.15) is 11.3 Å². The van der Waals surface area contributed by atoms with Crippen LogP contribution < -0.4 is 4.74 Å². The molecule has 2 aliphatic heterocycles. The fourth-order valence-electron chi connectivity index (χ4n) is 3.47. The van der Waals surface area contributed by atoms with Crippen molar-refractivity contribution in [3.05, 3.63) is 88.5 Å². The van der Waals surface area contributed by atoms with E-state index in [4.69, 9.17) is 21.7 Å². The summed E-state index contributed by atoms with van der Waals surface area (Å²) in [5, 5.41) is 15.2. The predicted octanol–water partition coefficient (Wildman–Crippen LogP) is 4.95. The first-order valence-corrected chi connectivity index (χ1v) is 10.9. The number of carbonyl (C=O) groups is 1. The van der Waals surface area contributed by atoms with Crippen molar-refractivity contribution in [2.75, 3.05) is 7.11 Å². The molecule has 3 aromatic rings. The summed E-state index contributed by atoms with van der Waals surface area (Å²) in [7, 11) is 1.56. The number of aliphatic imine (C=N–C) groups is 1. The number of carbonyl (C=O) groups excluding carboxylic acids is 1. The molecule has 0 unspecified atom stereocenters. The molecular formula is C23H15ClFN5O2S. The molecule has 33 heavy (non-hydrogen) atoms. The summed E-state index contributed by atoms with van der Waals surface area (Å²) in [6.07, 6.45) is 3.36. The highest BCUT2D eigenvalue weighted by molar-refractivity contribution is 8.27. The topological polar surface area (TPSA) is 83.0 Å². The second-order valence-corrected chi connectivity index (χ2v) is 8.42. The fraction of sp³-hybridized carbons (Fsp3) is 0.0435. The summed E-state index contributed by atoms with van der Waals surface area (Å²) in [4.78, 5) is 16.9. The van der Waals surface area contributed by atoms with E-state index in [1.54, 1.807) is 72.5 Å². The summed E-state index contributed by atoms with van der Waals surface area (Å²) < 4.78 is 21.4. The molecule has 0 fully saturated rings. The number of halogens is 2. The number of nitrogens with one attached hydrogen (secondary N) is 1. The summed E-state index contributed by atoms with van der Waals surface area (Å²) in [5.74, 6) is -0.564. The number of nitrogens with zero attached hydrogens (tertiary/aromatic N) is 4. The Labute approximate surface area is 197 Å². The summed E-state index contributed by atoms with van der Waals surface area (Å²) in [6.45, 7) is 0. The van der Waals surface area contributed by atoms with E-state index in [0.29, 0.717) is 27.2 Å². The quantitative estimate of drug-likeness (QED) is 0.537. The van der Waals surface area contributed by atoms with Crippen LogP contribution in [0.15, 0.2) is 76.5 Å². The van der Waals surface area contributed by atoms with Gasteiger partial charge in [0.25, 0.3) is 5.91 Å². The number of thioether (sulfide) groups is 1. The Kier molecular flexibility index (Phi) is 5.35. The van der Waals surface area contributed by atoms with E-state index in [9.17, 15) is 9.18 Å². The highest BCUT2D eigenvalue weighted by Gasteiger charge is 2.36. The number of hydrazone groups is 1. The standard InChI is InChI=1S/C23H15ClFN5O2S/c1-32-19-9-8-13(24)11-18(19)29-10-4-5-14(29)12-16-20(26)30-23(27-21(16)31)33-22(28-30)15-6-2-3-7-17(15)25/h2-12,26H,1H3/b16-12+,26-20?. The number of aromatic nitrogens is 1. The van der Waals surface area contributed by atoms with Gasteiger partial charge in [0.2, 0.25) is 5.17 Å². The van der Waals surface area contributed by atoms with Gasteiger partial charge in [-0.3, -0.25) is 10.2 Å². The van der Waals surface area contributed by atoms with Crippen LogP contribution in [0.4, 0.5) is 4.39 Å². The highest BCUT2D eigenvalue weighted by atomic mass is 35.5. The van der Waals surface area contributed by atoms with Gasteiger partial charge in [-0.25, -0.2) is 4.39 Å². The molecule has 1 amide bonds. The maximum absolute atomic E-state index is 14.2. The molecule has 5 rings (SSSR count). The largest absolute Gasteiger partial charge is 0.495 e. The zero-order valence-electron chi connectivity index (χ0n) is 17.1. The molecule has 0 spiro atoms.